The molecule has 150 valence electrons. The van der Waals surface area contributed by atoms with Crippen molar-refractivity contribution < 1.29 is 27.1 Å². The Morgan fingerprint density at radius 1 is 1.14 bits per heavy atom. The number of nitrogens with zero attached hydrogens (tertiary/aromatic N) is 1. The maximum atomic E-state index is 13.7. The first kappa shape index (κ1) is 22.1. The van der Waals surface area contributed by atoms with Gasteiger partial charge in [-0.2, -0.15) is 0 Å². The topological polar surface area (TPSA) is 92.8 Å². The van der Waals surface area contributed by atoms with Crippen LogP contribution in [0.15, 0.2) is 41.3 Å². The van der Waals surface area contributed by atoms with Crippen LogP contribution in [0.5, 0.6) is 0 Å². The van der Waals surface area contributed by atoms with Gasteiger partial charge in [0.05, 0.1) is 21.2 Å². The number of carbonyl (C=O) groups is 2. The van der Waals surface area contributed by atoms with Crippen molar-refractivity contribution >= 4 is 50.8 Å². The number of benzene rings is 2. The highest BCUT2D eigenvalue weighted by Gasteiger charge is 2.22. The second-order valence-corrected chi connectivity index (χ2v) is 8.67. The number of ether oxygens (including phenoxy) is 1. The van der Waals surface area contributed by atoms with Crippen molar-refractivity contribution in [3.63, 3.8) is 0 Å². The summed E-state index contributed by atoms with van der Waals surface area (Å²) in [4.78, 5) is 23.9. The zero-order valence-electron chi connectivity index (χ0n) is 14.7. The van der Waals surface area contributed by atoms with Gasteiger partial charge >= 0.3 is 5.97 Å². The fourth-order valence-corrected chi connectivity index (χ4v) is 3.30. The second kappa shape index (κ2) is 8.87. The number of sulfonamides is 1. The molecule has 1 amide bonds. The molecule has 11 heteroatoms. The van der Waals surface area contributed by atoms with E-state index in [1.165, 1.54) is 38.4 Å². The predicted molar refractivity (Wildman–Crippen MR) is 103 cm³/mol. The van der Waals surface area contributed by atoms with Crippen LogP contribution in [-0.4, -0.2) is 45.3 Å². The number of esters is 1. The predicted octanol–water partition coefficient (Wildman–Crippen LogP) is 3.18. The molecular weight excluding hydrogens is 434 g/mol. The molecule has 0 aliphatic heterocycles. The molecule has 0 atom stereocenters. The van der Waals surface area contributed by atoms with Gasteiger partial charge in [-0.25, -0.2) is 21.9 Å². The summed E-state index contributed by atoms with van der Waals surface area (Å²) in [5.74, 6) is -2.56. The van der Waals surface area contributed by atoms with E-state index >= 15 is 0 Å². The Balaban J connectivity index is 2.09. The lowest BCUT2D eigenvalue weighted by molar-refractivity contribution is -0.119. The standard InChI is InChI=1S/C17H15Cl2FN2O5S/c1-22(2)28(25,26)11-4-5-13(19)12(8-11)17(24)27-9-16(23)21-15-6-3-10(18)7-14(15)20/h3-8H,9H2,1-2H3,(H,21,23). The van der Waals surface area contributed by atoms with Crippen LogP contribution in [0.2, 0.25) is 10.0 Å². The molecule has 7 nitrogen and oxygen atoms in total. The minimum absolute atomic E-state index is 0.0492. The first-order valence-corrected chi connectivity index (χ1v) is 9.86. The Morgan fingerprint density at radius 3 is 2.43 bits per heavy atom. The minimum atomic E-state index is -3.79. The maximum Gasteiger partial charge on any atom is 0.340 e. The van der Waals surface area contributed by atoms with Crippen molar-refractivity contribution in [2.45, 2.75) is 4.90 Å². The normalized spacial score (nSPS) is 11.4. The third-order valence-electron chi connectivity index (χ3n) is 3.48. The molecule has 0 aromatic heterocycles. The van der Waals surface area contributed by atoms with Crippen molar-refractivity contribution in [1.82, 2.24) is 4.31 Å². The van der Waals surface area contributed by atoms with Crippen LogP contribution in [0.25, 0.3) is 0 Å². The van der Waals surface area contributed by atoms with Crippen molar-refractivity contribution in [2.24, 2.45) is 0 Å². The van der Waals surface area contributed by atoms with Gasteiger partial charge in [-0.3, -0.25) is 4.79 Å². The Kier molecular flexibility index (Phi) is 7.00. The average molecular weight is 449 g/mol. The molecule has 0 bridgehead atoms. The summed E-state index contributed by atoms with van der Waals surface area (Å²) in [7, 11) is -1.12. The van der Waals surface area contributed by atoms with Gasteiger partial charge in [-0.15, -0.1) is 0 Å². The summed E-state index contributed by atoms with van der Waals surface area (Å²) < 4.78 is 43.8. The van der Waals surface area contributed by atoms with E-state index in [-0.39, 0.29) is 26.2 Å². The third-order valence-corrected chi connectivity index (χ3v) is 5.85. The zero-order valence-corrected chi connectivity index (χ0v) is 17.0. The van der Waals surface area contributed by atoms with Gasteiger partial charge in [0, 0.05) is 19.1 Å². The van der Waals surface area contributed by atoms with Crippen LogP contribution < -0.4 is 5.32 Å². The second-order valence-electron chi connectivity index (χ2n) is 5.68. The molecule has 0 saturated carbocycles. The van der Waals surface area contributed by atoms with Crippen LogP contribution in [0.3, 0.4) is 0 Å². The zero-order chi connectivity index (χ0) is 21.1. The molecule has 0 saturated heterocycles. The van der Waals surface area contributed by atoms with Gasteiger partial charge in [0.1, 0.15) is 5.82 Å². The molecule has 0 spiro atoms. The summed E-state index contributed by atoms with van der Waals surface area (Å²) in [6, 6.07) is 7.17. The monoisotopic (exact) mass is 448 g/mol. The molecule has 0 aliphatic rings. The molecule has 0 aliphatic carbocycles. The number of carbonyl (C=O) groups excluding carboxylic acids is 2. The largest absolute Gasteiger partial charge is 0.452 e. The van der Waals surface area contributed by atoms with Crippen LogP contribution in [-0.2, 0) is 19.6 Å². The van der Waals surface area contributed by atoms with Gasteiger partial charge in [0.2, 0.25) is 10.0 Å². The summed E-state index contributed by atoms with van der Waals surface area (Å²) in [6.45, 7) is -0.734. The Labute approximate surface area is 171 Å². The van der Waals surface area contributed by atoms with E-state index in [0.29, 0.717) is 0 Å². The average Bonchev–Trinajstić information content (AvgIpc) is 2.62. The lowest BCUT2D eigenvalue weighted by atomic mass is 10.2. The number of amides is 1. The van der Waals surface area contributed by atoms with E-state index in [1.807, 2.05) is 0 Å². The fourth-order valence-electron chi connectivity index (χ4n) is 2.02. The van der Waals surface area contributed by atoms with Crippen molar-refractivity contribution in [2.75, 3.05) is 26.0 Å². The molecule has 2 rings (SSSR count). The molecule has 28 heavy (non-hydrogen) atoms. The van der Waals surface area contributed by atoms with Crippen LogP contribution >= 0.6 is 23.2 Å². The van der Waals surface area contributed by atoms with E-state index in [9.17, 15) is 22.4 Å². The van der Waals surface area contributed by atoms with Crippen molar-refractivity contribution in [3.05, 3.63) is 57.8 Å². The van der Waals surface area contributed by atoms with Crippen LogP contribution in [0.1, 0.15) is 10.4 Å². The summed E-state index contributed by atoms with van der Waals surface area (Å²) in [5, 5.41) is 2.33. The Morgan fingerprint density at radius 2 is 1.82 bits per heavy atom. The fraction of sp³-hybridized carbons (Fsp3) is 0.176. The van der Waals surface area contributed by atoms with E-state index in [1.54, 1.807) is 0 Å². The molecular formula is C17H15Cl2FN2O5S. The first-order valence-electron chi connectivity index (χ1n) is 7.66. The molecule has 0 unspecified atom stereocenters. The molecule has 2 aromatic rings. The van der Waals surface area contributed by atoms with Crippen LogP contribution in [0, 0.1) is 5.82 Å². The molecule has 1 N–H and O–H groups in total. The van der Waals surface area contributed by atoms with Crippen molar-refractivity contribution in [1.29, 1.82) is 0 Å². The summed E-state index contributed by atoms with van der Waals surface area (Å²) in [5.41, 5.74) is -0.363. The molecule has 0 radical (unpaired) electrons. The smallest absolute Gasteiger partial charge is 0.340 e. The maximum absolute atomic E-state index is 13.7. The lowest BCUT2D eigenvalue weighted by Gasteiger charge is -2.13. The molecule has 0 heterocycles. The number of hydrogen-bond acceptors (Lipinski definition) is 5. The number of nitrogens with one attached hydrogen (secondary N) is 1. The Bertz CT molecular complexity index is 1030. The van der Waals surface area contributed by atoms with E-state index in [4.69, 9.17) is 27.9 Å². The van der Waals surface area contributed by atoms with Gasteiger partial charge in [0.15, 0.2) is 6.61 Å². The highest BCUT2D eigenvalue weighted by molar-refractivity contribution is 7.89. The SMILES string of the molecule is CN(C)S(=O)(=O)c1ccc(Cl)c(C(=O)OCC(=O)Nc2ccc(Cl)cc2F)c1. The summed E-state index contributed by atoms with van der Waals surface area (Å²) in [6.07, 6.45) is 0. The van der Waals surface area contributed by atoms with E-state index < -0.39 is 34.3 Å². The van der Waals surface area contributed by atoms with Crippen LogP contribution in [0.4, 0.5) is 10.1 Å². The Hall–Kier alpha value is -2.20. The first-order chi connectivity index (χ1) is 13.0. The van der Waals surface area contributed by atoms with Gasteiger partial charge in [-0.1, -0.05) is 23.2 Å². The minimum Gasteiger partial charge on any atom is -0.452 e. The molecule has 0 fully saturated rings. The lowest BCUT2D eigenvalue weighted by Crippen LogP contribution is -2.23. The number of hydrogen-bond donors (Lipinski definition) is 1. The summed E-state index contributed by atoms with van der Waals surface area (Å²) >= 11 is 11.6. The van der Waals surface area contributed by atoms with Gasteiger partial charge < -0.3 is 10.1 Å². The quantitative estimate of drug-likeness (QED) is 0.684. The van der Waals surface area contributed by atoms with Gasteiger partial charge in [-0.05, 0) is 36.4 Å². The molecule has 2 aromatic carbocycles. The van der Waals surface area contributed by atoms with Gasteiger partial charge in [0.25, 0.3) is 5.91 Å². The number of anilines is 1. The van der Waals surface area contributed by atoms with Crippen molar-refractivity contribution in [3.8, 4) is 0 Å². The highest BCUT2D eigenvalue weighted by atomic mass is 35.5. The third kappa shape index (κ3) is 5.20. The number of halogens is 3. The van der Waals surface area contributed by atoms with E-state index in [2.05, 4.69) is 5.32 Å². The van der Waals surface area contributed by atoms with E-state index in [0.717, 1.165) is 16.4 Å². The number of rotatable bonds is 6. The highest BCUT2D eigenvalue weighted by Crippen LogP contribution is 2.23.